The van der Waals surface area contributed by atoms with E-state index in [0.717, 1.165) is 72.2 Å². The van der Waals surface area contributed by atoms with Gasteiger partial charge in [0.05, 0.1) is 22.3 Å². The monoisotopic (exact) mass is 678 g/mol. The SMILES string of the molecule is [2H]C([2H])([2H])c1ccc(-c2ccnc(-c3cc(-c4cccc5c4nc(-c4cc6c(cc4O)oc4ccccc46)n5-c4ccccc4)cc(C(C)(C)C)c3)c2)cc1. The summed E-state index contributed by atoms with van der Waals surface area (Å²) in [5.41, 5.74) is 11.4. The van der Waals surface area contributed by atoms with Crippen LogP contribution in [0.1, 0.15) is 36.0 Å². The summed E-state index contributed by atoms with van der Waals surface area (Å²) < 4.78 is 31.5. The summed E-state index contributed by atoms with van der Waals surface area (Å²) >= 11 is 0. The summed E-state index contributed by atoms with van der Waals surface area (Å²) in [4.78, 5) is 10.2. The summed E-state index contributed by atoms with van der Waals surface area (Å²) in [5.74, 6) is 0.695. The zero-order valence-electron chi connectivity index (χ0n) is 32.1. The van der Waals surface area contributed by atoms with Crippen molar-refractivity contribution in [1.29, 1.82) is 0 Å². The van der Waals surface area contributed by atoms with Crippen LogP contribution in [0.4, 0.5) is 0 Å². The van der Waals surface area contributed by atoms with E-state index in [4.69, 9.17) is 18.5 Å². The lowest BCUT2D eigenvalue weighted by Crippen LogP contribution is -2.11. The molecule has 0 unspecified atom stereocenters. The Morgan fingerprint density at radius 2 is 1.44 bits per heavy atom. The normalized spacial score (nSPS) is 13.0. The fourth-order valence-corrected chi connectivity index (χ4v) is 7.09. The van der Waals surface area contributed by atoms with E-state index in [0.29, 0.717) is 22.5 Å². The number of nitrogens with zero attached hydrogens (tertiary/aromatic N) is 3. The Morgan fingerprint density at radius 1 is 0.654 bits per heavy atom. The molecule has 52 heavy (non-hydrogen) atoms. The third-order valence-corrected chi connectivity index (χ3v) is 9.82. The molecular weight excluding hydrogens is 639 g/mol. The summed E-state index contributed by atoms with van der Waals surface area (Å²) in [7, 11) is 0. The van der Waals surface area contributed by atoms with E-state index < -0.39 is 6.85 Å². The predicted octanol–water partition coefficient (Wildman–Crippen LogP) is 12.3. The van der Waals surface area contributed by atoms with Gasteiger partial charge in [0.25, 0.3) is 0 Å². The van der Waals surface area contributed by atoms with Gasteiger partial charge >= 0.3 is 0 Å². The summed E-state index contributed by atoms with van der Waals surface area (Å²) in [5, 5.41) is 13.4. The zero-order valence-corrected chi connectivity index (χ0v) is 29.1. The molecule has 3 heterocycles. The number of hydrogen-bond donors (Lipinski definition) is 1. The largest absolute Gasteiger partial charge is 0.507 e. The van der Waals surface area contributed by atoms with Crippen LogP contribution in [0.5, 0.6) is 5.75 Å². The number of rotatable bonds is 5. The van der Waals surface area contributed by atoms with Crippen LogP contribution >= 0.6 is 0 Å². The highest BCUT2D eigenvalue weighted by atomic mass is 16.3. The first-order valence-electron chi connectivity index (χ1n) is 18.9. The number of phenolic OH excluding ortho intramolecular Hbond substituents is 1. The molecule has 0 aliphatic carbocycles. The molecular formula is C47H37N3O2. The average Bonchev–Trinajstić information content (AvgIpc) is 3.75. The second-order valence-electron chi connectivity index (χ2n) is 14.3. The van der Waals surface area contributed by atoms with Crippen molar-refractivity contribution < 1.29 is 13.6 Å². The molecule has 9 rings (SSSR count). The zero-order chi connectivity index (χ0) is 38.1. The molecule has 0 atom stereocenters. The molecule has 0 fully saturated rings. The average molecular weight is 679 g/mol. The molecule has 0 saturated heterocycles. The molecule has 0 spiro atoms. The molecule has 0 aliphatic rings. The lowest BCUT2D eigenvalue weighted by molar-refractivity contribution is 0.476. The van der Waals surface area contributed by atoms with Gasteiger partial charge in [-0.15, -0.1) is 0 Å². The smallest absolute Gasteiger partial charge is 0.149 e. The number of pyridine rings is 1. The number of benzene rings is 6. The van der Waals surface area contributed by atoms with E-state index in [9.17, 15) is 5.11 Å². The van der Waals surface area contributed by atoms with Gasteiger partial charge in [0, 0.05) is 44.0 Å². The minimum absolute atomic E-state index is 0.0802. The molecule has 6 aromatic carbocycles. The molecule has 5 nitrogen and oxygen atoms in total. The highest BCUT2D eigenvalue weighted by Crippen LogP contribution is 2.42. The number of hydrogen-bond acceptors (Lipinski definition) is 4. The van der Waals surface area contributed by atoms with E-state index in [-0.39, 0.29) is 11.2 Å². The maximum atomic E-state index is 11.6. The van der Waals surface area contributed by atoms with E-state index >= 15 is 0 Å². The standard InChI is InChI=1S/C47H37N3O2/c1-29-17-19-30(20-18-29)31-21-22-48-40(26-31)33-23-32(24-34(25-33)47(2,3)4)36-14-10-15-41-45(36)49-46(50(41)35-11-6-5-7-12-35)39-27-38-37-13-8-9-16-43(37)52-44(38)28-42(39)51/h5-28,51H,1-4H3/i1D3. The number of para-hydroxylation sites is 3. The third kappa shape index (κ3) is 5.42. The quantitative estimate of drug-likeness (QED) is 0.197. The highest BCUT2D eigenvalue weighted by Gasteiger charge is 2.23. The first-order valence-corrected chi connectivity index (χ1v) is 17.4. The summed E-state index contributed by atoms with van der Waals surface area (Å²) in [6, 6.07) is 45.5. The first-order chi connectivity index (χ1) is 26.4. The van der Waals surface area contributed by atoms with Crippen molar-refractivity contribution in [2.75, 3.05) is 0 Å². The molecule has 0 aliphatic heterocycles. The predicted molar refractivity (Wildman–Crippen MR) is 213 cm³/mol. The van der Waals surface area contributed by atoms with Crippen LogP contribution in [0.15, 0.2) is 150 Å². The Bertz CT molecular complexity index is 2900. The fraction of sp³-hybridized carbons (Fsp3) is 0.106. The molecule has 0 radical (unpaired) electrons. The van der Waals surface area contributed by atoms with Crippen molar-refractivity contribution in [2.24, 2.45) is 0 Å². The second kappa shape index (κ2) is 12.1. The van der Waals surface area contributed by atoms with Crippen LogP contribution in [0.3, 0.4) is 0 Å². The molecule has 0 bridgehead atoms. The number of aromatic hydroxyl groups is 1. The Morgan fingerprint density at radius 3 is 2.25 bits per heavy atom. The van der Waals surface area contributed by atoms with E-state index in [1.165, 1.54) is 0 Å². The highest BCUT2D eigenvalue weighted by molar-refractivity contribution is 6.07. The summed E-state index contributed by atoms with van der Waals surface area (Å²) in [6.45, 7) is 4.45. The van der Waals surface area contributed by atoms with Crippen molar-refractivity contribution in [3.8, 4) is 56.3 Å². The number of aromatic nitrogens is 3. The van der Waals surface area contributed by atoms with Crippen molar-refractivity contribution in [3.05, 3.63) is 157 Å². The van der Waals surface area contributed by atoms with E-state index in [1.807, 2.05) is 78.9 Å². The molecule has 0 saturated carbocycles. The number of phenols is 1. The van der Waals surface area contributed by atoms with E-state index in [1.54, 1.807) is 24.4 Å². The molecule has 5 heteroatoms. The maximum Gasteiger partial charge on any atom is 0.149 e. The lowest BCUT2D eigenvalue weighted by atomic mass is 9.83. The van der Waals surface area contributed by atoms with Crippen LogP contribution in [0, 0.1) is 6.85 Å². The van der Waals surface area contributed by atoms with Crippen LogP contribution in [0.25, 0.3) is 83.6 Å². The van der Waals surface area contributed by atoms with Crippen molar-refractivity contribution in [2.45, 2.75) is 33.0 Å². The number of furan rings is 1. The molecule has 3 aromatic heterocycles. The summed E-state index contributed by atoms with van der Waals surface area (Å²) in [6.07, 6.45) is 1.80. The van der Waals surface area contributed by atoms with Crippen molar-refractivity contribution >= 4 is 33.0 Å². The second-order valence-corrected chi connectivity index (χ2v) is 14.3. The number of aryl methyl sites for hydroxylation is 1. The van der Waals surface area contributed by atoms with Gasteiger partial charge in [-0.2, -0.15) is 0 Å². The van der Waals surface area contributed by atoms with Gasteiger partial charge in [-0.1, -0.05) is 105 Å². The Hall–Kier alpha value is -6.46. The van der Waals surface area contributed by atoms with Gasteiger partial charge < -0.3 is 9.52 Å². The molecule has 252 valence electrons. The minimum atomic E-state index is -2.16. The molecule has 9 aromatic rings. The van der Waals surface area contributed by atoms with Gasteiger partial charge in [-0.3, -0.25) is 9.55 Å². The maximum absolute atomic E-state index is 11.6. The van der Waals surface area contributed by atoms with Gasteiger partial charge in [-0.25, -0.2) is 4.98 Å². The topological polar surface area (TPSA) is 64.1 Å². The third-order valence-electron chi connectivity index (χ3n) is 9.82. The Labute approximate surface area is 306 Å². The number of imidazole rings is 1. The molecule has 0 amide bonds. The minimum Gasteiger partial charge on any atom is -0.507 e. The van der Waals surface area contributed by atoms with Gasteiger partial charge in [0.1, 0.15) is 22.7 Å². The van der Waals surface area contributed by atoms with Crippen LogP contribution in [-0.2, 0) is 5.41 Å². The number of fused-ring (bicyclic) bond motifs is 4. The van der Waals surface area contributed by atoms with Gasteiger partial charge in [0.15, 0.2) is 0 Å². The van der Waals surface area contributed by atoms with Crippen LogP contribution in [0.2, 0.25) is 0 Å². The molecule has 1 N–H and O–H groups in total. The Balaban J connectivity index is 1.24. The van der Waals surface area contributed by atoms with Crippen molar-refractivity contribution in [3.63, 3.8) is 0 Å². The van der Waals surface area contributed by atoms with Crippen LogP contribution in [-0.4, -0.2) is 19.6 Å². The van der Waals surface area contributed by atoms with Crippen molar-refractivity contribution in [1.82, 2.24) is 14.5 Å². The van der Waals surface area contributed by atoms with Gasteiger partial charge in [0.2, 0.25) is 0 Å². The van der Waals surface area contributed by atoms with Crippen LogP contribution < -0.4 is 0 Å². The van der Waals surface area contributed by atoms with E-state index in [2.05, 4.69) is 67.8 Å². The fourth-order valence-electron chi connectivity index (χ4n) is 7.09. The first kappa shape index (κ1) is 28.3. The lowest BCUT2D eigenvalue weighted by Gasteiger charge is -2.22. The van der Waals surface area contributed by atoms with Gasteiger partial charge in [-0.05, 0) is 89.1 Å². The Kier molecular flexibility index (Phi) is 6.58.